The Morgan fingerprint density at radius 3 is 2.77 bits per heavy atom. The smallest absolute Gasteiger partial charge is 0.169 e. The van der Waals surface area contributed by atoms with Crippen molar-refractivity contribution in [3.8, 4) is 0 Å². The molecular weight excluding hydrogens is 275 g/mol. The van der Waals surface area contributed by atoms with Crippen LogP contribution in [0.25, 0.3) is 0 Å². The van der Waals surface area contributed by atoms with Crippen LogP contribution in [0.15, 0.2) is 18.2 Å². The molecule has 3 rings (SSSR count). The molecule has 0 unspecified atom stereocenters. The summed E-state index contributed by atoms with van der Waals surface area (Å²) in [6, 6.07) is 6.24. The fourth-order valence-electron chi connectivity index (χ4n) is 2.20. The lowest BCUT2D eigenvalue weighted by Crippen LogP contribution is -2.08. The maximum atomic E-state index is 11.9. The predicted octanol–water partition coefficient (Wildman–Crippen LogP) is 2.81. The molecule has 1 aromatic rings. The minimum absolute atomic E-state index is 0.0623. The van der Waals surface area contributed by atoms with E-state index in [-0.39, 0.29) is 5.41 Å². The molecule has 0 aromatic heterocycles. The molecule has 0 N–H and O–H groups in total. The van der Waals surface area contributed by atoms with Crippen molar-refractivity contribution < 1.29 is 4.79 Å². The van der Waals surface area contributed by atoms with Crippen LogP contribution in [0.5, 0.6) is 0 Å². The van der Waals surface area contributed by atoms with Gasteiger partial charge < -0.3 is 0 Å². The summed E-state index contributed by atoms with van der Waals surface area (Å²) >= 11 is 2.26. The Morgan fingerprint density at radius 1 is 1.31 bits per heavy atom. The molecular formula is C11H9IO. The van der Waals surface area contributed by atoms with Crippen molar-refractivity contribution in [3.05, 3.63) is 32.9 Å². The maximum absolute atomic E-state index is 11.9. The summed E-state index contributed by atoms with van der Waals surface area (Å²) in [7, 11) is 0. The van der Waals surface area contributed by atoms with Gasteiger partial charge >= 0.3 is 0 Å². The molecule has 0 heterocycles. The third-order valence-electron chi connectivity index (χ3n) is 3.18. The van der Waals surface area contributed by atoms with Crippen LogP contribution in [-0.4, -0.2) is 5.78 Å². The van der Waals surface area contributed by atoms with Gasteiger partial charge in [0, 0.05) is 14.5 Å². The second kappa shape index (κ2) is 2.35. The molecule has 1 spiro atoms. The second-order valence-corrected chi connectivity index (χ2v) is 5.33. The maximum Gasteiger partial charge on any atom is 0.169 e. The summed E-state index contributed by atoms with van der Waals surface area (Å²) in [6.45, 7) is 0. The zero-order valence-corrected chi connectivity index (χ0v) is 9.30. The minimum Gasteiger partial charge on any atom is -0.294 e. The third kappa shape index (κ3) is 1.01. The first-order chi connectivity index (χ1) is 6.21. The molecule has 0 amide bonds. The van der Waals surface area contributed by atoms with Crippen LogP contribution in [0.2, 0.25) is 0 Å². The summed E-state index contributed by atoms with van der Waals surface area (Å²) in [6.07, 6.45) is 3.21. The van der Waals surface area contributed by atoms with Crippen molar-refractivity contribution >= 4 is 28.4 Å². The Hall–Kier alpha value is -0.380. The highest BCUT2D eigenvalue weighted by atomic mass is 127. The fourth-order valence-corrected chi connectivity index (χ4v) is 2.69. The zero-order valence-electron chi connectivity index (χ0n) is 7.14. The van der Waals surface area contributed by atoms with E-state index < -0.39 is 0 Å². The van der Waals surface area contributed by atoms with Gasteiger partial charge in [0.2, 0.25) is 0 Å². The van der Waals surface area contributed by atoms with Gasteiger partial charge in [-0.2, -0.15) is 0 Å². The van der Waals surface area contributed by atoms with E-state index in [0.29, 0.717) is 5.78 Å². The van der Waals surface area contributed by atoms with E-state index >= 15 is 0 Å². The van der Waals surface area contributed by atoms with E-state index in [4.69, 9.17) is 0 Å². The Bertz CT molecular complexity index is 405. The predicted molar refractivity (Wildman–Crippen MR) is 58.9 cm³/mol. The van der Waals surface area contributed by atoms with Crippen LogP contribution in [0.1, 0.15) is 28.8 Å². The van der Waals surface area contributed by atoms with Crippen LogP contribution >= 0.6 is 22.6 Å². The number of carbonyl (C=O) groups is 1. The van der Waals surface area contributed by atoms with E-state index in [1.165, 1.54) is 9.13 Å². The fraction of sp³-hybridized carbons (Fsp3) is 0.364. The molecule has 1 fully saturated rings. The molecule has 1 nitrogen and oxygen atoms in total. The van der Waals surface area contributed by atoms with Gasteiger partial charge in [0.1, 0.15) is 0 Å². The highest BCUT2D eigenvalue weighted by Gasteiger charge is 2.54. The van der Waals surface area contributed by atoms with E-state index in [1.807, 2.05) is 6.07 Å². The minimum atomic E-state index is 0.0623. The second-order valence-electron chi connectivity index (χ2n) is 4.09. The van der Waals surface area contributed by atoms with Crippen LogP contribution < -0.4 is 0 Å². The van der Waals surface area contributed by atoms with Crippen molar-refractivity contribution in [1.29, 1.82) is 0 Å². The first-order valence-corrected chi connectivity index (χ1v) is 5.62. The van der Waals surface area contributed by atoms with Gasteiger partial charge in [-0.3, -0.25) is 4.79 Å². The van der Waals surface area contributed by atoms with Gasteiger partial charge in [-0.15, -0.1) is 0 Å². The average molecular weight is 284 g/mol. The summed E-state index contributed by atoms with van der Waals surface area (Å²) in [5.41, 5.74) is 2.32. The summed E-state index contributed by atoms with van der Waals surface area (Å²) in [5.74, 6) is 0.404. The van der Waals surface area contributed by atoms with E-state index in [2.05, 4.69) is 34.7 Å². The number of rotatable bonds is 0. The topological polar surface area (TPSA) is 17.1 Å². The number of ketones is 1. The molecule has 0 saturated heterocycles. The van der Waals surface area contributed by atoms with Gasteiger partial charge in [-0.05, 0) is 59.5 Å². The molecule has 66 valence electrons. The van der Waals surface area contributed by atoms with Crippen molar-refractivity contribution in [3.63, 3.8) is 0 Å². The molecule has 2 aliphatic carbocycles. The van der Waals surface area contributed by atoms with E-state index in [0.717, 1.165) is 24.8 Å². The van der Waals surface area contributed by atoms with Crippen molar-refractivity contribution in [1.82, 2.24) is 0 Å². The molecule has 1 saturated carbocycles. The Labute approximate surface area is 90.7 Å². The summed E-state index contributed by atoms with van der Waals surface area (Å²) in [5, 5.41) is 0. The van der Waals surface area contributed by atoms with Crippen LogP contribution in [-0.2, 0) is 6.42 Å². The zero-order chi connectivity index (χ0) is 9.05. The number of benzene rings is 1. The van der Waals surface area contributed by atoms with Crippen LogP contribution in [0.4, 0.5) is 0 Å². The molecule has 13 heavy (non-hydrogen) atoms. The summed E-state index contributed by atoms with van der Waals surface area (Å²) < 4.78 is 1.17. The standard InChI is InChI=1S/C11H9IO/c12-8-2-1-7-6-11(3-4-11)10(13)9(7)5-8/h1-2,5H,3-4,6H2. The average Bonchev–Trinajstić information content (AvgIpc) is 2.83. The lowest BCUT2D eigenvalue weighted by Gasteiger charge is -1.98. The lowest BCUT2D eigenvalue weighted by atomic mass is 10.0. The highest BCUT2D eigenvalue weighted by molar-refractivity contribution is 14.1. The number of halogens is 1. The van der Waals surface area contributed by atoms with Gasteiger partial charge in [-0.1, -0.05) is 6.07 Å². The monoisotopic (exact) mass is 284 g/mol. The number of hydrogen-bond acceptors (Lipinski definition) is 1. The molecule has 0 atom stereocenters. The van der Waals surface area contributed by atoms with Gasteiger partial charge in [0.25, 0.3) is 0 Å². The number of fused-ring (bicyclic) bond motifs is 1. The van der Waals surface area contributed by atoms with Crippen LogP contribution in [0, 0.1) is 8.99 Å². The lowest BCUT2D eigenvalue weighted by molar-refractivity contribution is 0.0919. The van der Waals surface area contributed by atoms with Gasteiger partial charge in [0.15, 0.2) is 5.78 Å². The van der Waals surface area contributed by atoms with Crippen molar-refractivity contribution in [2.75, 3.05) is 0 Å². The molecule has 1 aromatic carbocycles. The SMILES string of the molecule is O=C1c2cc(I)ccc2CC12CC2. The third-order valence-corrected chi connectivity index (χ3v) is 3.85. The van der Waals surface area contributed by atoms with Crippen molar-refractivity contribution in [2.45, 2.75) is 19.3 Å². The largest absolute Gasteiger partial charge is 0.294 e. The first kappa shape index (κ1) is 7.97. The molecule has 2 aliphatic rings. The molecule has 2 heteroatoms. The Balaban J connectivity index is 2.18. The van der Waals surface area contributed by atoms with Gasteiger partial charge in [-0.25, -0.2) is 0 Å². The molecule has 0 radical (unpaired) electrons. The number of Topliss-reactive ketones (excluding diaryl/α,β-unsaturated/α-hetero) is 1. The van der Waals surface area contributed by atoms with E-state index in [9.17, 15) is 4.79 Å². The van der Waals surface area contributed by atoms with Crippen molar-refractivity contribution in [2.24, 2.45) is 5.41 Å². The van der Waals surface area contributed by atoms with Crippen LogP contribution in [0.3, 0.4) is 0 Å². The number of hydrogen-bond donors (Lipinski definition) is 0. The highest BCUT2D eigenvalue weighted by Crippen LogP contribution is 2.55. The summed E-state index contributed by atoms with van der Waals surface area (Å²) in [4.78, 5) is 11.9. The Morgan fingerprint density at radius 2 is 2.08 bits per heavy atom. The van der Waals surface area contributed by atoms with E-state index in [1.54, 1.807) is 0 Å². The Kier molecular flexibility index (Phi) is 1.44. The normalized spacial score (nSPS) is 22.1. The molecule has 0 aliphatic heterocycles. The quantitative estimate of drug-likeness (QED) is 0.669. The van der Waals surface area contributed by atoms with Gasteiger partial charge in [0.05, 0.1) is 0 Å². The molecule has 0 bridgehead atoms. The first-order valence-electron chi connectivity index (χ1n) is 4.55. The number of carbonyl (C=O) groups excluding carboxylic acids is 1.